The Kier molecular flexibility index (Phi) is 3.98. The van der Waals surface area contributed by atoms with Gasteiger partial charge in [-0.05, 0) is 25.1 Å². The molecule has 1 aromatic carbocycles. The van der Waals surface area contributed by atoms with Gasteiger partial charge in [0.05, 0.1) is 0 Å². The Hall–Kier alpha value is -1.40. The van der Waals surface area contributed by atoms with Crippen LogP contribution in [0.4, 0.5) is 0 Å². The van der Waals surface area contributed by atoms with E-state index in [1.165, 1.54) is 0 Å². The Morgan fingerprint density at radius 2 is 2.28 bits per heavy atom. The summed E-state index contributed by atoms with van der Waals surface area (Å²) in [5, 5.41) is 3.77. The zero-order valence-corrected chi connectivity index (χ0v) is 11.8. The molecule has 0 radical (unpaired) electrons. The van der Waals surface area contributed by atoms with E-state index in [9.17, 15) is 0 Å². The Labute approximate surface area is 113 Å². The maximum Gasteiger partial charge on any atom is 0.223 e. The predicted molar refractivity (Wildman–Crippen MR) is 70.1 cm³/mol. The lowest BCUT2D eigenvalue weighted by Crippen LogP contribution is -2.08. The van der Waals surface area contributed by atoms with E-state index in [1.54, 1.807) is 6.92 Å². The van der Waals surface area contributed by atoms with Crippen molar-refractivity contribution in [3.8, 4) is 5.75 Å². The summed E-state index contributed by atoms with van der Waals surface area (Å²) < 4.78 is 11.5. The maximum atomic E-state index is 5.91. The highest BCUT2D eigenvalue weighted by molar-refractivity contribution is 9.10. The van der Waals surface area contributed by atoms with Crippen molar-refractivity contribution in [2.45, 2.75) is 26.5 Å². The van der Waals surface area contributed by atoms with Gasteiger partial charge in [0.15, 0.2) is 6.61 Å². The van der Waals surface area contributed by atoms with E-state index in [4.69, 9.17) is 15.0 Å². The first-order valence-electron chi connectivity index (χ1n) is 5.53. The first kappa shape index (κ1) is 13.0. The normalized spacial score (nSPS) is 12.4. The van der Waals surface area contributed by atoms with Gasteiger partial charge < -0.3 is 15.0 Å². The molecule has 96 valence electrons. The minimum Gasteiger partial charge on any atom is -0.485 e. The summed E-state index contributed by atoms with van der Waals surface area (Å²) in [6, 6.07) is 5.62. The van der Waals surface area contributed by atoms with Gasteiger partial charge in [-0.2, -0.15) is 4.98 Å². The fourth-order valence-electron chi connectivity index (χ4n) is 1.55. The van der Waals surface area contributed by atoms with Crippen molar-refractivity contribution >= 4 is 15.9 Å². The number of hydrogen-bond acceptors (Lipinski definition) is 5. The monoisotopic (exact) mass is 311 g/mol. The summed E-state index contributed by atoms with van der Waals surface area (Å²) in [4.78, 5) is 4.07. The van der Waals surface area contributed by atoms with Crippen LogP contribution in [0.15, 0.2) is 27.2 Å². The number of ether oxygens (including phenoxy) is 1. The predicted octanol–water partition coefficient (Wildman–Crippen LogP) is 2.74. The fraction of sp³-hybridized carbons (Fsp3) is 0.333. The number of rotatable bonds is 4. The van der Waals surface area contributed by atoms with Crippen LogP contribution in [0.5, 0.6) is 5.75 Å². The minimum atomic E-state index is -0.107. The van der Waals surface area contributed by atoms with E-state index in [2.05, 4.69) is 26.1 Å². The summed E-state index contributed by atoms with van der Waals surface area (Å²) in [5.74, 6) is 1.78. The molecule has 1 aromatic heterocycles. The molecule has 0 spiro atoms. The van der Waals surface area contributed by atoms with Crippen LogP contribution < -0.4 is 10.5 Å². The lowest BCUT2D eigenvalue weighted by Gasteiger charge is -2.13. The van der Waals surface area contributed by atoms with Gasteiger partial charge in [-0.3, -0.25) is 0 Å². The van der Waals surface area contributed by atoms with Crippen LogP contribution in [0, 0.1) is 6.92 Å². The van der Waals surface area contributed by atoms with Crippen LogP contribution in [-0.2, 0) is 6.61 Å². The Morgan fingerprint density at radius 1 is 1.50 bits per heavy atom. The molecule has 0 bridgehead atoms. The third kappa shape index (κ3) is 3.08. The average molecular weight is 312 g/mol. The van der Waals surface area contributed by atoms with Crippen LogP contribution in [0.1, 0.15) is 30.2 Å². The second kappa shape index (κ2) is 5.49. The molecule has 0 aliphatic carbocycles. The van der Waals surface area contributed by atoms with Crippen LogP contribution in [0.2, 0.25) is 0 Å². The molecule has 2 N–H and O–H groups in total. The smallest absolute Gasteiger partial charge is 0.223 e. The topological polar surface area (TPSA) is 74.2 Å². The number of benzene rings is 1. The molecule has 6 heteroatoms. The summed E-state index contributed by atoms with van der Waals surface area (Å²) in [7, 11) is 0. The van der Waals surface area contributed by atoms with Gasteiger partial charge in [0.25, 0.3) is 0 Å². The van der Waals surface area contributed by atoms with Gasteiger partial charge in [-0.1, -0.05) is 21.1 Å². The molecule has 2 aromatic rings. The third-order valence-electron chi connectivity index (χ3n) is 2.39. The van der Waals surface area contributed by atoms with E-state index in [0.29, 0.717) is 11.7 Å². The molecule has 0 saturated heterocycles. The molecule has 0 saturated carbocycles. The molecule has 0 aliphatic rings. The van der Waals surface area contributed by atoms with E-state index in [1.807, 2.05) is 25.1 Å². The van der Waals surface area contributed by atoms with Crippen LogP contribution in [0.3, 0.4) is 0 Å². The van der Waals surface area contributed by atoms with Gasteiger partial charge in [0, 0.05) is 23.0 Å². The maximum absolute atomic E-state index is 5.91. The molecular weight excluding hydrogens is 298 g/mol. The Bertz CT molecular complexity index is 540. The number of aromatic nitrogens is 2. The molecule has 1 unspecified atom stereocenters. The van der Waals surface area contributed by atoms with E-state index < -0.39 is 0 Å². The zero-order valence-electron chi connectivity index (χ0n) is 10.2. The van der Waals surface area contributed by atoms with Gasteiger partial charge in [0.1, 0.15) is 5.75 Å². The summed E-state index contributed by atoms with van der Waals surface area (Å²) in [6.45, 7) is 3.91. The van der Waals surface area contributed by atoms with Crippen molar-refractivity contribution in [3.63, 3.8) is 0 Å². The van der Waals surface area contributed by atoms with E-state index >= 15 is 0 Å². The highest BCUT2D eigenvalue weighted by Crippen LogP contribution is 2.27. The van der Waals surface area contributed by atoms with Crippen LogP contribution in [-0.4, -0.2) is 10.1 Å². The Morgan fingerprint density at radius 3 is 2.89 bits per heavy atom. The van der Waals surface area contributed by atoms with Gasteiger partial charge >= 0.3 is 0 Å². The molecule has 0 amide bonds. The highest BCUT2D eigenvalue weighted by atomic mass is 79.9. The molecule has 2 rings (SSSR count). The summed E-state index contributed by atoms with van der Waals surface area (Å²) in [5.41, 5.74) is 6.84. The SMILES string of the molecule is Cc1nc(COc2ccc(Br)cc2C(C)N)no1. The van der Waals surface area contributed by atoms with Crippen molar-refractivity contribution in [2.24, 2.45) is 5.73 Å². The summed E-state index contributed by atoms with van der Waals surface area (Å²) >= 11 is 3.41. The third-order valence-corrected chi connectivity index (χ3v) is 2.88. The molecule has 5 nitrogen and oxygen atoms in total. The number of hydrogen-bond donors (Lipinski definition) is 1. The van der Waals surface area contributed by atoms with E-state index in [0.717, 1.165) is 15.8 Å². The van der Waals surface area contributed by atoms with Crippen LogP contribution in [0.25, 0.3) is 0 Å². The molecule has 1 heterocycles. The second-order valence-electron chi connectivity index (χ2n) is 3.99. The van der Waals surface area contributed by atoms with Crippen molar-refractivity contribution in [1.29, 1.82) is 0 Å². The van der Waals surface area contributed by atoms with Crippen molar-refractivity contribution < 1.29 is 9.26 Å². The van der Waals surface area contributed by atoms with Gasteiger partial charge in [-0.25, -0.2) is 0 Å². The Balaban J connectivity index is 2.13. The van der Waals surface area contributed by atoms with Gasteiger partial charge in [0.2, 0.25) is 11.7 Å². The fourth-order valence-corrected chi connectivity index (χ4v) is 1.93. The molecular formula is C12H14BrN3O2. The average Bonchev–Trinajstić information content (AvgIpc) is 2.73. The highest BCUT2D eigenvalue weighted by Gasteiger charge is 2.10. The number of nitrogens with two attached hydrogens (primary N) is 1. The first-order valence-corrected chi connectivity index (χ1v) is 6.32. The zero-order chi connectivity index (χ0) is 13.1. The van der Waals surface area contributed by atoms with Crippen LogP contribution >= 0.6 is 15.9 Å². The number of halogens is 1. The lowest BCUT2D eigenvalue weighted by molar-refractivity contribution is 0.282. The standard InChI is InChI=1S/C12H14BrN3O2/c1-7(14)10-5-9(13)3-4-11(10)17-6-12-15-8(2)18-16-12/h3-5,7H,6,14H2,1-2H3. The van der Waals surface area contributed by atoms with Crippen molar-refractivity contribution in [1.82, 2.24) is 10.1 Å². The molecule has 0 aliphatic heterocycles. The number of nitrogens with zero attached hydrogens (tertiary/aromatic N) is 2. The van der Waals surface area contributed by atoms with E-state index in [-0.39, 0.29) is 12.6 Å². The quantitative estimate of drug-likeness (QED) is 0.939. The number of aryl methyl sites for hydroxylation is 1. The summed E-state index contributed by atoms with van der Waals surface area (Å²) in [6.07, 6.45) is 0. The first-order chi connectivity index (χ1) is 8.56. The molecule has 18 heavy (non-hydrogen) atoms. The van der Waals surface area contributed by atoms with Crippen molar-refractivity contribution in [3.05, 3.63) is 40.0 Å². The van der Waals surface area contributed by atoms with Gasteiger partial charge in [-0.15, -0.1) is 0 Å². The molecule has 0 fully saturated rings. The second-order valence-corrected chi connectivity index (χ2v) is 4.90. The lowest BCUT2D eigenvalue weighted by atomic mass is 10.1. The van der Waals surface area contributed by atoms with Crippen molar-refractivity contribution in [2.75, 3.05) is 0 Å². The minimum absolute atomic E-state index is 0.107. The largest absolute Gasteiger partial charge is 0.485 e. The molecule has 1 atom stereocenters.